The fraction of sp³-hybridized carbons (Fsp3) is 0.238. The first-order valence-electron chi connectivity index (χ1n) is 8.46. The molecule has 1 N–H and O–H groups in total. The molecule has 0 spiro atoms. The van der Waals surface area contributed by atoms with E-state index in [9.17, 15) is 4.79 Å². The predicted molar refractivity (Wildman–Crippen MR) is 105 cm³/mol. The number of hydrogen-bond acceptors (Lipinski definition) is 5. The highest BCUT2D eigenvalue weighted by Crippen LogP contribution is 2.38. The summed E-state index contributed by atoms with van der Waals surface area (Å²) in [6, 6.07) is 9.02. The Hall–Kier alpha value is -3.28. The van der Waals surface area contributed by atoms with Gasteiger partial charge in [0.15, 0.2) is 11.5 Å². The van der Waals surface area contributed by atoms with Crippen LogP contribution in [0.3, 0.4) is 0 Å². The molecular formula is C21H22N2O4. The maximum Gasteiger partial charge on any atom is 0.255 e. The van der Waals surface area contributed by atoms with Crippen LogP contribution in [0.5, 0.6) is 17.2 Å². The normalized spacial score (nSPS) is 10.6. The number of nitrogens with one attached hydrogen (secondary N) is 1. The lowest BCUT2D eigenvalue weighted by Gasteiger charge is -2.15. The number of carbonyl (C=O) groups is 1. The molecule has 0 radical (unpaired) electrons. The van der Waals surface area contributed by atoms with Crippen molar-refractivity contribution in [2.75, 3.05) is 26.6 Å². The van der Waals surface area contributed by atoms with Gasteiger partial charge in [-0.1, -0.05) is 12.1 Å². The summed E-state index contributed by atoms with van der Waals surface area (Å²) in [4.78, 5) is 17.3. The summed E-state index contributed by atoms with van der Waals surface area (Å²) in [6.07, 6.45) is 1.69. The zero-order chi connectivity index (χ0) is 19.6. The summed E-state index contributed by atoms with van der Waals surface area (Å²) in [5.41, 5.74) is 4.22. The minimum absolute atomic E-state index is 0.278. The zero-order valence-corrected chi connectivity index (χ0v) is 16.0. The summed E-state index contributed by atoms with van der Waals surface area (Å²) in [5, 5.41) is 3.85. The molecule has 1 amide bonds. The van der Waals surface area contributed by atoms with Crippen molar-refractivity contribution in [3.05, 3.63) is 53.2 Å². The van der Waals surface area contributed by atoms with Crippen LogP contribution in [0, 0.1) is 13.8 Å². The highest BCUT2D eigenvalue weighted by Gasteiger charge is 2.18. The number of nitrogens with zero attached hydrogens (tertiary/aromatic N) is 1. The Balaban J connectivity index is 2.01. The molecule has 0 aliphatic carbocycles. The topological polar surface area (TPSA) is 69.7 Å². The molecule has 6 nitrogen and oxygen atoms in total. The summed E-state index contributed by atoms with van der Waals surface area (Å²) in [7, 11) is 4.55. The van der Waals surface area contributed by atoms with E-state index in [-0.39, 0.29) is 5.91 Å². The second kappa shape index (κ2) is 7.53. The highest BCUT2D eigenvalue weighted by molar-refractivity contribution is 6.09. The van der Waals surface area contributed by atoms with Crippen molar-refractivity contribution >= 4 is 22.5 Å². The second-order valence-electron chi connectivity index (χ2n) is 6.13. The van der Waals surface area contributed by atoms with Gasteiger partial charge in [0.2, 0.25) is 5.75 Å². The van der Waals surface area contributed by atoms with E-state index in [1.54, 1.807) is 24.4 Å². The number of methoxy groups -OCH3 is 3. The van der Waals surface area contributed by atoms with E-state index in [1.807, 2.05) is 26.0 Å². The van der Waals surface area contributed by atoms with Gasteiger partial charge in [0.05, 0.1) is 32.5 Å². The van der Waals surface area contributed by atoms with Crippen LogP contribution in [0.25, 0.3) is 10.9 Å². The van der Waals surface area contributed by atoms with Crippen LogP contribution >= 0.6 is 0 Å². The molecule has 3 aromatic rings. The van der Waals surface area contributed by atoms with Crippen LogP contribution in [-0.4, -0.2) is 32.2 Å². The molecule has 27 heavy (non-hydrogen) atoms. The number of anilines is 1. The van der Waals surface area contributed by atoms with E-state index in [1.165, 1.54) is 21.3 Å². The molecule has 0 saturated carbocycles. The van der Waals surface area contributed by atoms with Crippen molar-refractivity contribution < 1.29 is 19.0 Å². The second-order valence-corrected chi connectivity index (χ2v) is 6.13. The monoisotopic (exact) mass is 366 g/mol. The maximum absolute atomic E-state index is 12.9. The van der Waals surface area contributed by atoms with Gasteiger partial charge < -0.3 is 19.5 Å². The quantitative estimate of drug-likeness (QED) is 0.735. The van der Waals surface area contributed by atoms with Crippen LogP contribution in [0.15, 0.2) is 36.5 Å². The Morgan fingerprint density at radius 2 is 1.63 bits per heavy atom. The van der Waals surface area contributed by atoms with Gasteiger partial charge in [0.1, 0.15) is 0 Å². The van der Waals surface area contributed by atoms with E-state index >= 15 is 0 Å². The molecule has 0 bridgehead atoms. The molecule has 0 aliphatic rings. The average Bonchev–Trinajstić information content (AvgIpc) is 2.69. The number of fused-ring (bicyclic) bond motifs is 1. The lowest BCUT2D eigenvalue weighted by atomic mass is 10.0. The molecule has 0 fully saturated rings. The molecule has 1 heterocycles. The highest BCUT2D eigenvalue weighted by atomic mass is 16.5. The Morgan fingerprint density at radius 3 is 2.22 bits per heavy atom. The Labute approximate surface area is 158 Å². The predicted octanol–water partition coefficient (Wildman–Crippen LogP) is 4.13. The average molecular weight is 366 g/mol. The largest absolute Gasteiger partial charge is 0.493 e. The van der Waals surface area contributed by atoms with Crippen molar-refractivity contribution in [1.29, 1.82) is 0 Å². The van der Waals surface area contributed by atoms with Crippen LogP contribution < -0.4 is 19.5 Å². The lowest BCUT2D eigenvalue weighted by Crippen LogP contribution is -2.13. The number of aromatic nitrogens is 1. The molecule has 0 saturated heterocycles. The van der Waals surface area contributed by atoms with Crippen molar-refractivity contribution in [1.82, 2.24) is 4.98 Å². The van der Waals surface area contributed by atoms with Gasteiger partial charge in [0.25, 0.3) is 5.91 Å². The summed E-state index contributed by atoms with van der Waals surface area (Å²) in [5.74, 6) is 1.01. The summed E-state index contributed by atoms with van der Waals surface area (Å²) < 4.78 is 16.0. The standard InChI is InChI=1S/C21H22N2O4/c1-12-6-7-15-16(8-9-22-19(15)13(12)2)23-21(24)14-10-17(25-3)20(27-5)18(11-14)26-4/h6-11H,1-5H3,(H,22,23,24). The number of amides is 1. The third kappa shape index (κ3) is 3.38. The van der Waals surface area contributed by atoms with E-state index in [0.29, 0.717) is 28.5 Å². The van der Waals surface area contributed by atoms with Gasteiger partial charge in [-0.25, -0.2) is 0 Å². The molecule has 0 aliphatic heterocycles. The van der Waals surface area contributed by atoms with Gasteiger partial charge in [-0.15, -0.1) is 0 Å². The van der Waals surface area contributed by atoms with E-state index < -0.39 is 0 Å². The van der Waals surface area contributed by atoms with Crippen LogP contribution in [-0.2, 0) is 0 Å². The molecule has 6 heteroatoms. The number of pyridine rings is 1. The fourth-order valence-corrected chi connectivity index (χ4v) is 2.98. The first kappa shape index (κ1) is 18.5. The molecule has 140 valence electrons. The van der Waals surface area contributed by atoms with E-state index in [0.717, 1.165) is 22.0 Å². The number of carbonyl (C=O) groups excluding carboxylic acids is 1. The Morgan fingerprint density at radius 1 is 0.963 bits per heavy atom. The maximum atomic E-state index is 12.9. The third-order valence-corrected chi connectivity index (χ3v) is 4.61. The first-order valence-corrected chi connectivity index (χ1v) is 8.46. The van der Waals surface area contributed by atoms with E-state index in [4.69, 9.17) is 14.2 Å². The fourth-order valence-electron chi connectivity index (χ4n) is 2.98. The molecule has 1 aromatic heterocycles. The molecule has 0 unspecified atom stereocenters. The molecule has 3 rings (SSSR count). The van der Waals surface area contributed by atoms with Gasteiger partial charge in [0, 0.05) is 17.1 Å². The van der Waals surface area contributed by atoms with E-state index in [2.05, 4.69) is 10.3 Å². The molecular weight excluding hydrogens is 344 g/mol. The van der Waals surface area contributed by atoms with Gasteiger partial charge in [-0.2, -0.15) is 0 Å². The Bertz CT molecular complexity index is 989. The number of rotatable bonds is 5. The first-order chi connectivity index (χ1) is 13.0. The minimum Gasteiger partial charge on any atom is -0.493 e. The SMILES string of the molecule is COc1cc(C(=O)Nc2ccnc3c(C)c(C)ccc23)cc(OC)c1OC. The van der Waals surface area contributed by atoms with Gasteiger partial charge in [-0.3, -0.25) is 9.78 Å². The van der Waals surface area contributed by atoms with Crippen LogP contribution in [0.1, 0.15) is 21.5 Å². The smallest absolute Gasteiger partial charge is 0.255 e. The van der Waals surface area contributed by atoms with Crippen molar-refractivity contribution in [3.8, 4) is 17.2 Å². The van der Waals surface area contributed by atoms with Crippen molar-refractivity contribution in [2.24, 2.45) is 0 Å². The lowest BCUT2D eigenvalue weighted by molar-refractivity contribution is 0.102. The van der Waals surface area contributed by atoms with Gasteiger partial charge in [-0.05, 0) is 43.2 Å². The third-order valence-electron chi connectivity index (χ3n) is 4.61. The minimum atomic E-state index is -0.278. The van der Waals surface area contributed by atoms with Crippen molar-refractivity contribution in [2.45, 2.75) is 13.8 Å². The van der Waals surface area contributed by atoms with Crippen molar-refractivity contribution in [3.63, 3.8) is 0 Å². The zero-order valence-electron chi connectivity index (χ0n) is 16.0. The Kier molecular flexibility index (Phi) is 5.16. The molecule has 0 atom stereocenters. The van der Waals surface area contributed by atoms with Crippen LogP contribution in [0.4, 0.5) is 5.69 Å². The van der Waals surface area contributed by atoms with Crippen LogP contribution in [0.2, 0.25) is 0 Å². The summed E-state index contributed by atoms with van der Waals surface area (Å²) in [6.45, 7) is 4.06. The van der Waals surface area contributed by atoms with Gasteiger partial charge >= 0.3 is 0 Å². The molecule has 2 aromatic carbocycles. The number of hydrogen-bond donors (Lipinski definition) is 1. The number of aryl methyl sites for hydroxylation is 2. The number of ether oxygens (including phenoxy) is 3. The number of benzene rings is 2. The summed E-state index contributed by atoms with van der Waals surface area (Å²) >= 11 is 0.